The predicted molar refractivity (Wildman–Crippen MR) is 159 cm³/mol. The lowest BCUT2D eigenvalue weighted by atomic mass is 10.1. The van der Waals surface area contributed by atoms with Crippen LogP contribution in [0.5, 0.6) is 5.75 Å². The predicted octanol–water partition coefficient (Wildman–Crippen LogP) is 3.35. The maximum atomic E-state index is 13.4. The first-order valence-corrected chi connectivity index (χ1v) is 13.8. The summed E-state index contributed by atoms with van der Waals surface area (Å²) in [7, 11) is 1.53. The Hall–Kier alpha value is -4.09. The minimum absolute atomic E-state index is 0.0632. The minimum atomic E-state index is -1.08. The molecular formula is C30H37ClN4O7. The Morgan fingerprint density at radius 3 is 2.29 bits per heavy atom. The quantitative estimate of drug-likeness (QED) is 0.279. The van der Waals surface area contributed by atoms with E-state index in [-0.39, 0.29) is 31.3 Å². The molecule has 0 fully saturated rings. The fourth-order valence-electron chi connectivity index (χ4n) is 4.24. The van der Waals surface area contributed by atoms with E-state index in [9.17, 15) is 24.3 Å². The third-order valence-electron chi connectivity index (χ3n) is 6.35. The monoisotopic (exact) mass is 600 g/mol. The van der Waals surface area contributed by atoms with Crippen LogP contribution < -0.4 is 20.7 Å². The summed E-state index contributed by atoms with van der Waals surface area (Å²) >= 11 is 5.99. The molecule has 0 spiro atoms. The van der Waals surface area contributed by atoms with Crippen molar-refractivity contribution in [1.82, 2.24) is 20.5 Å². The van der Waals surface area contributed by atoms with Crippen LogP contribution in [0.3, 0.4) is 0 Å². The number of halogens is 1. The van der Waals surface area contributed by atoms with Crippen molar-refractivity contribution in [2.45, 2.75) is 58.8 Å². The summed E-state index contributed by atoms with van der Waals surface area (Å²) in [6.45, 7) is 8.10. The number of aliphatic hydroxyl groups excluding tert-OH is 1. The summed E-state index contributed by atoms with van der Waals surface area (Å²) in [6, 6.07) is 10.9. The van der Waals surface area contributed by atoms with Crippen molar-refractivity contribution in [2.75, 3.05) is 20.2 Å². The average Bonchev–Trinajstić information content (AvgIpc) is 3.19. The van der Waals surface area contributed by atoms with Gasteiger partial charge < -0.3 is 30.5 Å². The number of carbonyl (C=O) groups is 4. The van der Waals surface area contributed by atoms with Gasteiger partial charge in [0, 0.05) is 34.8 Å². The van der Waals surface area contributed by atoms with E-state index in [4.69, 9.17) is 21.1 Å². The van der Waals surface area contributed by atoms with Gasteiger partial charge in [0.1, 0.15) is 17.4 Å². The smallest absolute Gasteiger partial charge is 0.408 e. The molecule has 1 unspecified atom stereocenters. The maximum absolute atomic E-state index is 13.4. The van der Waals surface area contributed by atoms with Gasteiger partial charge in [-0.2, -0.15) is 0 Å². The van der Waals surface area contributed by atoms with Crippen LogP contribution >= 0.6 is 11.6 Å². The number of aromatic nitrogens is 1. The largest absolute Gasteiger partial charge is 0.497 e. The number of carbonyl (C=O) groups excluding carboxylic acids is 4. The highest BCUT2D eigenvalue weighted by molar-refractivity contribution is 6.30. The normalized spacial score (nSPS) is 12.8. The van der Waals surface area contributed by atoms with Gasteiger partial charge in [0.05, 0.1) is 25.2 Å². The number of methoxy groups -OCH3 is 1. The van der Waals surface area contributed by atoms with Gasteiger partial charge in [-0.25, -0.2) is 4.79 Å². The molecule has 0 aliphatic carbocycles. The average molecular weight is 601 g/mol. The standard InChI is InChI=1S/C30H37ClN4O7/c1-17(34-29(40)42-30(3,4)5)27(38)33-16-21(36)15-32-26(37)14-23-18(2)35(25-12-11-22(41-6)13-24(23)25)28(39)19-7-9-20(31)10-8-19/h7-13,17,21,36H,14-16H2,1-6H3,(H,32,37)(H,33,38)(H,34,40)/t17-,21?/m0/s1. The van der Waals surface area contributed by atoms with Crippen LogP contribution in [0.4, 0.5) is 4.79 Å². The zero-order valence-electron chi connectivity index (χ0n) is 24.5. The molecule has 0 saturated carbocycles. The Kier molecular flexibility index (Phi) is 10.6. The van der Waals surface area contributed by atoms with Gasteiger partial charge in [0.2, 0.25) is 11.8 Å². The highest BCUT2D eigenvalue weighted by Gasteiger charge is 2.23. The lowest BCUT2D eigenvalue weighted by molar-refractivity contribution is -0.123. The molecule has 12 heteroatoms. The van der Waals surface area contributed by atoms with Crippen molar-refractivity contribution in [2.24, 2.45) is 0 Å². The molecule has 11 nitrogen and oxygen atoms in total. The van der Waals surface area contributed by atoms with Crippen molar-refractivity contribution in [3.05, 3.63) is 64.3 Å². The van der Waals surface area contributed by atoms with Crippen LogP contribution in [0.1, 0.15) is 49.3 Å². The maximum Gasteiger partial charge on any atom is 0.408 e. The Bertz CT molecular complexity index is 1460. The minimum Gasteiger partial charge on any atom is -0.497 e. The summed E-state index contributed by atoms with van der Waals surface area (Å²) in [5.41, 5.74) is 1.57. The van der Waals surface area contributed by atoms with Crippen LogP contribution in [-0.4, -0.2) is 71.4 Å². The molecule has 0 radical (unpaired) electrons. The van der Waals surface area contributed by atoms with E-state index in [0.717, 1.165) is 0 Å². The molecule has 0 aliphatic rings. The van der Waals surface area contributed by atoms with Crippen molar-refractivity contribution in [3.8, 4) is 5.75 Å². The van der Waals surface area contributed by atoms with Crippen LogP contribution in [0, 0.1) is 6.92 Å². The molecule has 3 amide bonds. The summed E-state index contributed by atoms with van der Waals surface area (Å²) in [5.74, 6) is -0.604. The van der Waals surface area contributed by atoms with Crippen LogP contribution in [0.25, 0.3) is 10.9 Å². The zero-order valence-corrected chi connectivity index (χ0v) is 25.3. The number of alkyl carbamates (subject to hydrolysis) is 1. The summed E-state index contributed by atoms with van der Waals surface area (Å²) < 4.78 is 12.0. The molecular weight excluding hydrogens is 564 g/mol. The molecule has 0 saturated heterocycles. The molecule has 4 N–H and O–H groups in total. The number of amides is 3. The van der Waals surface area contributed by atoms with Crippen LogP contribution in [0.2, 0.25) is 5.02 Å². The fraction of sp³-hybridized carbons (Fsp3) is 0.400. The third kappa shape index (κ3) is 8.46. The van der Waals surface area contributed by atoms with Gasteiger partial charge in [-0.3, -0.25) is 19.0 Å². The molecule has 42 heavy (non-hydrogen) atoms. The molecule has 0 aliphatic heterocycles. The Balaban J connectivity index is 1.64. The van der Waals surface area contributed by atoms with Gasteiger partial charge in [0.15, 0.2) is 0 Å². The molecule has 2 atom stereocenters. The second-order valence-electron chi connectivity index (χ2n) is 10.8. The van der Waals surface area contributed by atoms with Crippen LogP contribution in [0.15, 0.2) is 42.5 Å². The highest BCUT2D eigenvalue weighted by atomic mass is 35.5. The molecule has 3 rings (SSSR count). The molecule has 1 aromatic heterocycles. The van der Waals surface area contributed by atoms with Gasteiger partial charge in [-0.1, -0.05) is 11.6 Å². The van der Waals surface area contributed by atoms with Crippen molar-refractivity contribution in [1.29, 1.82) is 0 Å². The molecule has 3 aromatic rings. The summed E-state index contributed by atoms with van der Waals surface area (Å²) in [4.78, 5) is 50.5. The molecule has 0 bridgehead atoms. The van der Waals surface area contributed by atoms with Crippen molar-refractivity contribution in [3.63, 3.8) is 0 Å². The lowest BCUT2D eigenvalue weighted by Crippen LogP contribution is -2.49. The van der Waals surface area contributed by atoms with Crippen molar-refractivity contribution < 1.29 is 33.8 Å². The number of hydrogen-bond acceptors (Lipinski definition) is 7. The van der Waals surface area contributed by atoms with E-state index in [2.05, 4.69) is 16.0 Å². The second kappa shape index (κ2) is 13.7. The zero-order chi connectivity index (χ0) is 31.2. The first kappa shape index (κ1) is 32.4. The number of rotatable bonds is 10. The second-order valence-corrected chi connectivity index (χ2v) is 11.3. The van der Waals surface area contributed by atoms with Gasteiger partial charge in [-0.15, -0.1) is 0 Å². The molecule has 2 aromatic carbocycles. The van der Waals surface area contributed by atoms with E-state index in [1.165, 1.54) is 14.0 Å². The van der Waals surface area contributed by atoms with E-state index >= 15 is 0 Å². The highest BCUT2D eigenvalue weighted by Crippen LogP contribution is 2.31. The lowest BCUT2D eigenvalue weighted by Gasteiger charge is -2.22. The summed E-state index contributed by atoms with van der Waals surface area (Å²) in [6.07, 6.45) is -1.88. The number of nitrogens with one attached hydrogen (secondary N) is 3. The first-order chi connectivity index (χ1) is 19.7. The Morgan fingerprint density at radius 1 is 1.02 bits per heavy atom. The van der Waals surface area contributed by atoms with Gasteiger partial charge >= 0.3 is 6.09 Å². The SMILES string of the molecule is COc1ccc2c(c1)c(CC(=O)NCC(O)CNC(=O)[C@H](C)NC(=O)OC(C)(C)C)c(C)n2C(=O)c1ccc(Cl)cc1. The number of ether oxygens (including phenoxy) is 2. The van der Waals surface area contributed by atoms with E-state index in [0.29, 0.717) is 38.5 Å². The number of aliphatic hydroxyl groups is 1. The third-order valence-corrected chi connectivity index (χ3v) is 6.60. The number of benzene rings is 2. The number of hydrogen-bond donors (Lipinski definition) is 4. The first-order valence-electron chi connectivity index (χ1n) is 13.4. The van der Waals surface area contributed by atoms with Crippen LogP contribution in [-0.2, 0) is 20.7 Å². The number of fused-ring (bicyclic) bond motifs is 1. The van der Waals surface area contributed by atoms with Crippen molar-refractivity contribution >= 4 is 46.3 Å². The van der Waals surface area contributed by atoms with Gasteiger partial charge in [-0.05, 0) is 82.6 Å². The molecule has 1 heterocycles. The Morgan fingerprint density at radius 2 is 1.67 bits per heavy atom. The summed E-state index contributed by atoms with van der Waals surface area (Å²) in [5, 5.41) is 19.1. The van der Waals surface area contributed by atoms with E-state index in [1.54, 1.807) is 74.7 Å². The molecule has 226 valence electrons. The van der Waals surface area contributed by atoms with E-state index in [1.807, 2.05) is 0 Å². The Labute approximate surface area is 249 Å². The number of nitrogens with zero attached hydrogens (tertiary/aromatic N) is 1. The topological polar surface area (TPSA) is 148 Å². The fourth-order valence-corrected chi connectivity index (χ4v) is 4.37. The van der Waals surface area contributed by atoms with Gasteiger partial charge in [0.25, 0.3) is 5.91 Å². The van der Waals surface area contributed by atoms with E-state index < -0.39 is 29.7 Å².